The second-order valence-corrected chi connectivity index (χ2v) is 5.37. The molecule has 2 aromatic rings. The van der Waals surface area contributed by atoms with Gasteiger partial charge in [-0.3, -0.25) is 0 Å². The van der Waals surface area contributed by atoms with Gasteiger partial charge >= 0.3 is 0 Å². The number of hydrazone groups is 2. The molecule has 23 heavy (non-hydrogen) atoms. The number of guanidine groups is 1. The van der Waals surface area contributed by atoms with Gasteiger partial charge in [-0.25, -0.2) is 15.4 Å². The molecule has 0 aromatic heterocycles. The Hall–Kier alpha value is -2.66. The molecule has 0 spiro atoms. The fourth-order valence-electron chi connectivity index (χ4n) is 2.26. The van der Waals surface area contributed by atoms with Gasteiger partial charge < -0.3 is 0 Å². The number of hydrogen-bond acceptors (Lipinski definition) is 5. The zero-order chi connectivity index (χ0) is 16.2. The van der Waals surface area contributed by atoms with Crippen molar-refractivity contribution < 1.29 is 0 Å². The molecule has 0 unspecified atom stereocenters. The summed E-state index contributed by atoms with van der Waals surface area (Å²) in [4.78, 5) is 4.62. The molecule has 1 aliphatic rings. The molecule has 3 rings (SSSR count). The number of nitrogens with zero attached hydrogens (tertiary/aromatic N) is 4. The molecule has 1 heterocycles. The van der Waals surface area contributed by atoms with Crippen molar-refractivity contribution in [1.82, 2.24) is 10.4 Å². The molecule has 116 valence electrons. The van der Waals surface area contributed by atoms with Crippen molar-refractivity contribution in [3.63, 3.8) is 0 Å². The average molecular weight is 326 g/mol. The molecule has 1 aliphatic heterocycles. The number of aliphatic imine (C=N–C) groups is 1. The number of halogens is 1. The predicted molar refractivity (Wildman–Crippen MR) is 95.7 cm³/mol. The summed E-state index contributed by atoms with van der Waals surface area (Å²) < 4.78 is 0. The Kier molecular flexibility index (Phi) is 4.39. The van der Waals surface area contributed by atoms with Gasteiger partial charge in [-0.05, 0) is 25.1 Å². The number of rotatable bonds is 2. The van der Waals surface area contributed by atoms with Gasteiger partial charge in [-0.2, -0.15) is 10.2 Å². The second kappa shape index (κ2) is 6.62. The zero-order valence-electron chi connectivity index (χ0n) is 12.9. The van der Waals surface area contributed by atoms with Gasteiger partial charge in [-0.15, -0.1) is 0 Å². The summed E-state index contributed by atoms with van der Waals surface area (Å²) >= 11 is 6.18. The van der Waals surface area contributed by atoms with Crippen LogP contribution in [0.2, 0.25) is 5.02 Å². The van der Waals surface area contributed by atoms with Gasteiger partial charge in [0.05, 0.1) is 5.69 Å². The Morgan fingerprint density at radius 2 is 1.96 bits per heavy atom. The van der Waals surface area contributed by atoms with Crippen molar-refractivity contribution >= 4 is 35.2 Å². The molecular weight excluding hydrogens is 310 g/mol. The Labute approximate surface area is 140 Å². The second-order valence-electron chi connectivity index (χ2n) is 4.93. The van der Waals surface area contributed by atoms with Gasteiger partial charge in [0.25, 0.3) is 0 Å². The van der Waals surface area contributed by atoms with Crippen LogP contribution in [0.25, 0.3) is 0 Å². The number of fused-ring (bicyclic) bond motifs is 1. The van der Waals surface area contributed by atoms with E-state index in [0.717, 1.165) is 22.5 Å². The van der Waals surface area contributed by atoms with Crippen LogP contribution in [-0.2, 0) is 0 Å². The molecule has 0 amide bonds. The molecule has 0 atom stereocenters. The molecule has 0 saturated heterocycles. The molecule has 5 nitrogen and oxygen atoms in total. The Morgan fingerprint density at radius 3 is 2.70 bits per heavy atom. The molecule has 0 radical (unpaired) electrons. The first kappa shape index (κ1) is 15.2. The van der Waals surface area contributed by atoms with Crippen LogP contribution in [0.5, 0.6) is 0 Å². The third-order valence-electron chi connectivity index (χ3n) is 3.34. The highest BCUT2D eigenvalue weighted by Crippen LogP contribution is 2.28. The fourth-order valence-corrected chi connectivity index (χ4v) is 2.43. The van der Waals surface area contributed by atoms with E-state index in [2.05, 4.69) is 20.6 Å². The Morgan fingerprint density at radius 1 is 1.17 bits per heavy atom. The third-order valence-corrected chi connectivity index (χ3v) is 3.57. The quantitative estimate of drug-likeness (QED) is 0.677. The van der Waals surface area contributed by atoms with Gasteiger partial charge in [0.1, 0.15) is 5.71 Å². The monoisotopic (exact) mass is 325 g/mol. The van der Waals surface area contributed by atoms with Gasteiger partial charge in [0.15, 0.2) is 0 Å². The van der Waals surface area contributed by atoms with E-state index in [4.69, 9.17) is 11.6 Å². The molecule has 1 N–H and O–H groups in total. The summed E-state index contributed by atoms with van der Waals surface area (Å²) in [6.07, 6.45) is 1.66. The van der Waals surface area contributed by atoms with E-state index in [-0.39, 0.29) is 0 Å². The van der Waals surface area contributed by atoms with Crippen LogP contribution in [0, 0.1) is 0 Å². The first-order chi connectivity index (χ1) is 11.2. The van der Waals surface area contributed by atoms with Gasteiger partial charge in [-0.1, -0.05) is 41.9 Å². The largest absolute Gasteiger partial charge is 0.246 e. The van der Waals surface area contributed by atoms with Crippen LogP contribution in [0.4, 0.5) is 5.69 Å². The molecular formula is C17H16ClN5. The minimum Gasteiger partial charge on any atom is -0.246 e. The third kappa shape index (κ3) is 3.24. The molecule has 0 fully saturated rings. The van der Waals surface area contributed by atoms with Crippen LogP contribution in [0.1, 0.15) is 18.1 Å². The lowest BCUT2D eigenvalue weighted by atomic mass is 10.0. The Bertz CT molecular complexity index is 796. The highest BCUT2D eigenvalue weighted by molar-refractivity contribution is 6.31. The van der Waals surface area contributed by atoms with Crippen LogP contribution < -0.4 is 5.43 Å². The van der Waals surface area contributed by atoms with E-state index in [1.807, 2.05) is 62.5 Å². The minimum absolute atomic E-state index is 0.539. The van der Waals surface area contributed by atoms with Crippen LogP contribution >= 0.6 is 11.6 Å². The topological polar surface area (TPSA) is 52.4 Å². The van der Waals surface area contributed by atoms with Gasteiger partial charge in [0.2, 0.25) is 5.96 Å². The first-order valence-corrected chi connectivity index (χ1v) is 7.57. The van der Waals surface area contributed by atoms with Crippen molar-refractivity contribution in [2.24, 2.45) is 15.2 Å². The maximum Gasteiger partial charge on any atom is 0.240 e. The summed E-state index contributed by atoms with van der Waals surface area (Å²) in [7, 11) is 1.83. The van der Waals surface area contributed by atoms with Crippen molar-refractivity contribution in [2.45, 2.75) is 6.92 Å². The van der Waals surface area contributed by atoms with E-state index in [1.54, 1.807) is 11.2 Å². The molecule has 0 saturated carbocycles. The van der Waals surface area contributed by atoms with Crippen molar-refractivity contribution in [3.8, 4) is 0 Å². The lowest BCUT2D eigenvalue weighted by Crippen LogP contribution is -2.32. The van der Waals surface area contributed by atoms with Crippen LogP contribution in [0.3, 0.4) is 0 Å². The van der Waals surface area contributed by atoms with E-state index >= 15 is 0 Å². The zero-order valence-corrected chi connectivity index (χ0v) is 13.6. The van der Waals surface area contributed by atoms with E-state index in [1.165, 1.54) is 0 Å². The summed E-state index contributed by atoms with van der Waals surface area (Å²) in [6, 6.07) is 15.5. The SMILES string of the molecule is C/C=N\NC1=Nc2ccc(Cl)cc2C(c2ccccc2)=NN1C. The van der Waals surface area contributed by atoms with E-state index in [0.29, 0.717) is 11.0 Å². The maximum atomic E-state index is 6.18. The summed E-state index contributed by atoms with van der Waals surface area (Å²) in [6.45, 7) is 1.83. The van der Waals surface area contributed by atoms with Crippen LogP contribution in [0.15, 0.2) is 63.7 Å². The van der Waals surface area contributed by atoms with E-state index < -0.39 is 0 Å². The lowest BCUT2D eigenvalue weighted by Gasteiger charge is -2.14. The van der Waals surface area contributed by atoms with Crippen LogP contribution in [-0.4, -0.2) is 29.9 Å². The average Bonchev–Trinajstić information content (AvgIpc) is 2.71. The highest BCUT2D eigenvalue weighted by atomic mass is 35.5. The number of benzene rings is 2. The number of hydrogen-bond donors (Lipinski definition) is 1. The smallest absolute Gasteiger partial charge is 0.240 e. The molecule has 0 bridgehead atoms. The molecule has 6 heteroatoms. The summed E-state index contributed by atoms with van der Waals surface area (Å²) in [5.74, 6) is 0.539. The van der Waals surface area contributed by atoms with Crippen molar-refractivity contribution in [2.75, 3.05) is 7.05 Å². The van der Waals surface area contributed by atoms with E-state index in [9.17, 15) is 0 Å². The first-order valence-electron chi connectivity index (χ1n) is 7.19. The fraction of sp³-hybridized carbons (Fsp3) is 0.118. The predicted octanol–water partition coefficient (Wildman–Crippen LogP) is 3.62. The highest BCUT2D eigenvalue weighted by Gasteiger charge is 2.19. The normalized spacial score (nSPS) is 14.1. The van der Waals surface area contributed by atoms with Crippen molar-refractivity contribution in [1.29, 1.82) is 0 Å². The summed E-state index contributed by atoms with van der Waals surface area (Å²) in [5, 5.41) is 11.0. The minimum atomic E-state index is 0.539. The maximum absolute atomic E-state index is 6.18. The van der Waals surface area contributed by atoms with Crippen molar-refractivity contribution in [3.05, 3.63) is 64.7 Å². The summed E-state index contributed by atoms with van der Waals surface area (Å²) in [5.41, 5.74) is 6.37. The Balaban J connectivity index is 2.17. The molecule has 2 aromatic carbocycles. The van der Waals surface area contributed by atoms with Gasteiger partial charge in [0, 0.05) is 29.4 Å². The number of nitrogens with one attached hydrogen (secondary N) is 1. The standard InChI is InChI=1S/C17H16ClN5/c1-3-19-21-17-20-15-10-9-13(18)11-14(15)16(22-23(17)2)12-7-5-4-6-8-12/h3-11H,1-2H3,(H,20,21)/b19-3-. The lowest BCUT2D eigenvalue weighted by molar-refractivity contribution is 0.522. The molecule has 0 aliphatic carbocycles.